The molecule has 0 heterocycles. The zero-order valence-corrected chi connectivity index (χ0v) is 65.3. The highest BCUT2D eigenvalue weighted by Crippen LogP contribution is 2.45. The monoisotopic (exact) mass is 1420 g/mol. The SMILES string of the molecule is CCCCCCCCCCCCCC(=O)OC[C@H](COP(=O)(O)OC[C@H](O)COP(=O)(O)OC[C@@H](COC(=O)CCCCCCCCCCCCC(C)CC)OC(=O)CCCCCCCCCCCCCCCCC(C)CC)OC(=O)CCCCCCCCCCCCC(C)CC. The van der Waals surface area contributed by atoms with Gasteiger partial charge in [0, 0.05) is 25.7 Å². The van der Waals surface area contributed by atoms with Crippen LogP contribution in [0.5, 0.6) is 0 Å². The second kappa shape index (κ2) is 68.5. The Morgan fingerprint density at radius 1 is 0.289 bits per heavy atom. The van der Waals surface area contributed by atoms with Crippen molar-refractivity contribution < 1.29 is 80.2 Å². The number of aliphatic hydroxyl groups is 1. The molecular formula is C78H152O17P2. The number of ether oxygens (including phenoxy) is 4. The molecule has 97 heavy (non-hydrogen) atoms. The molecule has 5 unspecified atom stereocenters. The van der Waals surface area contributed by atoms with Gasteiger partial charge in [-0.05, 0) is 43.4 Å². The van der Waals surface area contributed by atoms with E-state index in [1.807, 2.05) is 0 Å². The molecular weight excluding hydrogens is 1270 g/mol. The van der Waals surface area contributed by atoms with Gasteiger partial charge in [-0.15, -0.1) is 0 Å². The van der Waals surface area contributed by atoms with Crippen LogP contribution in [-0.2, 0) is 65.4 Å². The van der Waals surface area contributed by atoms with Crippen LogP contribution in [0.15, 0.2) is 0 Å². The molecule has 0 spiro atoms. The molecule has 0 aromatic rings. The van der Waals surface area contributed by atoms with Crippen LogP contribution in [0.25, 0.3) is 0 Å². The van der Waals surface area contributed by atoms with E-state index in [0.29, 0.717) is 25.7 Å². The Bertz CT molecular complexity index is 1890. The molecule has 0 aliphatic rings. The van der Waals surface area contributed by atoms with E-state index in [0.717, 1.165) is 108 Å². The minimum Gasteiger partial charge on any atom is -0.462 e. The highest BCUT2D eigenvalue weighted by atomic mass is 31.2. The summed E-state index contributed by atoms with van der Waals surface area (Å²) in [6, 6.07) is 0. The van der Waals surface area contributed by atoms with Crippen LogP contribution in [0.2, 0.25) is 0 Å². The van der Waals surface area contributed by atoms with E-state index in [2.05, 4.69) is 48.5 Å². The lowest BCUT2D eigenvalue weighted by molar-refractivity contribution is -0.161. The van der Waals surface area contributed by atoms with E-state index in [1.165, 1.54) is 212 Å². The summed E-state index contributed by atoms with van der Waals surface area (Å²) < 4.78 is 68.6. The highest BCUT2D eigenvalue weighted by Gasteiger charge is 2.30. The van der Waals surface area contributed by atoms with Gasteiger partial charge in [-0.1, -0.05) is 350 Å². The third-order valence-electron chi connectivity index (χ3n) is 19.2. The first kappa shape index (κ1) is 95.1. The van der Waals surface area contributed by atoms with Crippen molar-refractivity contribution in [3.05, 3.63) is 0 Å². The molecule has 576 valence electrons. The minimum atomic E-state index is -4.96. The van der Waals surface area contributed by atoms with Crippen LogP contribution in [0.3, 0.4) is 0 Å². The smallest absolute Gasteiger partial charge is 0.462 e. The molecule has 19 heteroatoms. The zero-order valence-electron chi connectivity index (χ0n) is 63.5. The third kappa shape index (κ3) is 68.3. The molecule has 8 atom stereocenters. The van der Waals surface area contributed by atoms with Crippen LogP contribution >= 0.6 is 15.6 Å². The van der Waals surface area contributed by atoms with E-state index < -0.39 is 97.5 Å². The summed E-state index contributed by atoms with van der Waals surface area (Å²) in [6.45, 7) is 12.0. The molecule has 0 saturated heterocycles. The molecule has 0 rings (SSSR count). The van der Waals surface area contributed by atoms with Gasteiger partial charge in [0.1, 0.15) is 19.3 Å². The van der Waals surface area contributed by atoms with E-state index in [9.17, 15) is 43.2 Å². The molecule has 0 radical (unpaired) electrons. The van der Waals surface area contributed by atoms with Gasteiger partial charge in [-0.2, -0.15) is 0 Å². The fraction of sp³-hybridized carbons (Fsp3) is 0.949. The number of rotatable bonds is 76. The molecule has 0 amide bonds. The average Bonchev–Trinajstić information content (AvgIpc) is 1.31. The largest absolute Gasteiger partial charge is 0.472 e. The topological polar surface area (TPSA) is 237 Å². The van der Waals surface area contributed by atoms with Crippen molar-refractivity contribution in [3.8, 4) is 0 Å². The van der Waals surface area contributed by atoms with Gasteiger partial charge >= 0.3 is 39.5 Å². The first-order valence-corrected chi connectivity index (χ1v) is 43.5. The lowest BCUT2D eigenvalue weighted by Gasteiger charge is -2.21. The van der Waals surface area contributed by atoms with Crippen LogP contribution < -0.4 is 0 Å². The van der Waals surface area contributed by atoms with Crippen molar-refractivity contribution in [2.75, 3.05) is 39.6 Å². The number of hydrogen-bond acceptors (Lipinski definition) is 15. The molecule has 3 N–H and O–H groups in total. The first-order valence-electron chi connectivity index (χ1n) is 40.5. The summed E-state index contributed by atoms with van der Waals surface area (Å²) in [5.41, 5.74) is 0. The summed E-state index contributed by atoms with van der Waals surface area (Å²) in [5, 5.41) is 10.6. The predicted octanol–water partition coefficient (Wildman–Crippen LogP) is 23.0. The van der Waals surface area contributed by atoms with Crippen molar-refractivity contribution in [1.29, 1.82) is 0 Å². The number of esters is 4. The Labute approximate surface area is 594 Å². The Kier molecular flexibility index (Phi) is 67.1. The van der Waals surface area contributed by atoms with Gasteiger partial charge in [0.15, 0.2) is 12.2 Å². The number of carbonyl (C=O) groups is 4. The number of carbonyl (C=O) groups excluding carboxylic acids is 4. The fourth-order valence-electron chi connectivity index (χ4n) is 11.9. The maximum absolute atomic E-state index is 13.1. The second-order valence-corrected chi connectivity index (χ2v) is 31.7. The van der Waals surface area contributed by atoms with Gasteiger partial charge in [0.05, 0.1) is 26.4 Å². The van der Waals surface area contributed by atoms with E-state index >= 15 is 0 Å². The Balaban J connectivity index is 5.27. The number of unbranched alkanes of at least 4 members (excludes halogenated alkanes) is 41. The molecule has 17 nitrogen and oxygen atoms in total. The van der Waals surface area contributed by atoms with Gasteiger partial charge in [0.2, 0.25) is 0 Å². The first-order chi connectivity index (χ1) is 46.8. The summed E-state index contributed by atoms with van der Waals surface area (Å²) in [5.74, 6) is 0.345. The summed E-state index contributed by atoms with van der Waals surface area (Å²) in [7, 11) is -9.92. The van der Waals surface area contributed by atoms with Crippen molar-refractivity contribution in [2.45, 2.75) is 420 Å². The zero-order chi connectivity index (χ0) is 71.6. The van der Waals surface area contributed by atoms with E-state index in [1.54, 1.807) is 0 Å². The van der Waals surface area contributed by atoms with E-state index in [4.69, 9.17) is 37.0 Å². The van der Waals surface area contributed by atoms with Crippen LogP contribution in [0, 0.1) is 17.8 Å². The normalized spacial score (nSPS) is 14.9. The minimum absolute atomic E-state index is 0.106. The lowest BCUT2D eigenvalue weighted by atomic mass is 9.99. The Morgan fingerprint density at radius 2 is 0.495 bits per heavy atom. The van der Waals surface area contributed by atoms with Crippen molar-refractivity contribution in [2.24, 2.45) is 17.8 Å². The molecule has 0 saturated carbocycles. The predicted molar refractivity (Wildman–Crippen MR) is 395 cm³/mol. The number of hydrogen-bond donors (Lipinski definition) is 3. The van der Waals surface area contributed by atoms with Crippen LogP contribution in [0.1, 0.15) is 402 Å². The third-order valence-corrected chi connectivity index (χ3v) is 21.1. The summed E-state index contributed by atoms with van der Waals surface area (Å²) in [4.78, 5) is 72.9. The van der Waals surface area contributed by atoms with Crippen molar-refractivity contribution in [3.63, 3.8) is 0 Å². The Hall–Kier alpha value is -1.94. The lowest BCUT2D eigenvalue weighted by Crippen LogP contribution is -2.30. The molecule has 0 aromatic carbocycles. The number of aliphatic hydroxyl groups excluding tert-OH is 1. The van der Waals surface area contributed by atoms with Crippen LogP contribution in [0.4, 0.5) is 0 Å². The van der Waals surface area contributed by atoms with E-state index in [-0.39, 0.29) is 25.7 Å². The van der Waals surface area contributed by atoms with Crippen molar-refractivity contribution in [1.82, 2.24) is 0 Å². The average molecular weight is 1420 g/mol. The van der Waals surface area contributed by atoms with Crippen LogP contribution in [-0.4, -0.2) is 96.7 Å². The standard InChI is InChI=1S/C78H152O17P2/c1-8-12-13-14-15-16-21-31-38-45-52-59-75(80)88-65-74(95-78(83)62-55-48-41-34-27-25-30-37-44-51-58-71(7)11-4)68-93-97(86,87)91-64-72(79)63-90-96(84,85)92-67-73(66-89-76(81)60-53-46-39-32-26-24-29-36-43-50-57-70(6)10-3)94-77(82)61-54-47-40-33-23-20-18-17-19-22-28-35-42-49-56-69(5)9-2/h69-74,79H,8-68H2,1-7H3,(H,84,85)(H,86,87)/t69?,70?,71?,72-,73-,74-/m1/s1. The molecule has 0 aliphatic heterocycles. The summed E-state index contributed by atoms with van der Waals surface area (Å²) >= 11 is 0. The van der Waals surface area contributed by atoms with Crippen molar-refractivity contribution >= 4 is 39.5 Å². The maximum atomic E-state index is 13.1. The summed E-state index contributed by atoms with van der Waals surface area (Å²) in [6.07, 6.45) is 55.1. The molecule has 0 bridgehead atoms. The van der Waals surface area contributed by atoms with Gasteiger partial charge in [-0.25, -0.2) is 9.13 Å². The van der Waals surface area contributed by atoms with Gasteiger partial charge < -0.3 is 33.8 Å². The Morgan fingerprint density at radius 3 is 0.732 bits per heavy atom. The van der Waals surface area contributed by atoms with Gasteiger partial charge in [-0.3, -0.25) is 37.3 Å². The maximum Gasteiger partial charge on any atom is 0.472 e. The molecule has 0 aromatic heterocycles. The number of phosphoric acid groups is 2. The number of phosphoric ester groups is 2. The molecule has 0 fully saturated rings. The molecule has 0 aliphatic carbocycles. The second-order valence-electron chi connectivity index (χ2n) is 28.8. The van der Waals surface area contributed by atoms with Gasteiger partial charge in [0.25, 0.3) is 0 Å². The fourth-order valence-corrected chi connectivity index (χ4v) is 13.4. The quantitative estimate of drug-likeness (QED) is 0.0222. The highest BCUT2D eigenvalue weighted by molar-refractivity contribution is 7.47.